The summed E-state index contributed by atoms with van der Waals surface area (Å²) < 4.78 is 22.0. The molecule has 0 bridgehead atoms. The minimum absolute atomic E-state index is 0.0128. The van der Waals surface area contributed by atoms with Crippen LogP contribution in [0, 0.1) is 10.1 Å². The maximum atomic E-state index is 11.0. The van der Waals surface area contributed by atoms with Crippen molar-refractivity contribution in [3.8, 4) is 0 Å². The van der Waals surface area contributed by atoms with E-state index < -0.39 is 14.8 Å². The van der Waals surface area contributed by atoms with Crippen molar-refractivity contribution in [1.29, 1.82) is 0 Å². The Morgan fingerprint density at radius 3 is 2.33 bits per heavy atom. The highest BCUT2D eigenvalue weighted by Gasteiger charge is 2.09. The number of nitro benzene ring substituents is 1. The summed E-state index contributed by atoms with van der Waals surface area (Å²) in [5.74, 6) is 0.119. The number of hydrogen-bond acceptors (Lipinski definition) is 5. The molecule has 100 valence electrons. The summed E-state index contributed by atoms with van der Waals surface area (Å²) in [5.41, 5.74) is 0.769. The molecule has 0 amide bonds. The van der Waals surface area contributed by atoms with E-state index in [0.717, 1.165) is 5.69 Å². The van der Waals surface area contributed by atoms with Crippen molar-refractivity contribution in [2.24, 2.45) is 0 Å². The summed E-state index contributed by atoms with van der Waals surface area (Å²) in [6, 6.07) is 6.02. The SMILES string of the molecule is CC(CCS(C)(=O)=O)Nc1ccc([N+](=O)[O-])cc1. The molecule has 1 aromatic carbocycles. The molecular formula is C11H16N2O4S. The van der Waals surface area contributed by atoms with E-state index in [1.807, 2.05) is 6.92 Å². The van der Waals surface area contributed by atoms with Gasteiger partial charge in [-0.2, -0.15) is 0 Å². The Hall–Kier alpha value is -1.63. The molecule has 1 rings (SSSR count). The number of benzene rings is 1. The lowest BCUT2D eigenvalue weighted by atomic mass is 10.2. The predicted octanol–water partition coefficient (Wildman–Crippen LogP) is 1.83. The highest BCUT2D eigenvalue weighted by Crippen LogP contribution is 2.16. The van der Waals surface area contributed by atoms with E-state index in [0.29, 0.717) is 6.42 Å². The van der Waals surface area contributed by atoms with Gasteiger partial charge in [-0.3, -0.25) is 10.1 Å². The van der Waals surface area contributed by atoms with E-state index in [-0.39, 0.29) is 17.5 Å². The van der Waals surface area contributed by atoms with Crippen LogP contribution in [0.2, 0.25) is 0 Å². The number of nitro groups is 1. The molecule has 6 nitrogen and oxygen atoms in total. The summed E-state index contributed by atoms with van der Waals surface area (Å²) in [5, 5.41) is 13.6. The van der Waals surface area contributed by atoms with Crippen LogP contribution in [0.15, 0.2) is 24.3 Å². The molecule has 7 heteroatoms. The summed E-state index contributed by atoms with van der Waals surface area (Å²) in [4.78, 5) is 10.0. The molecule has 0 aliphatic rings. The lowest BCUT2D eigenvalue weighted by molar-refractivity contribution is -0.384. The molecule has 1 N–H and O–H groups in total. The molecule has 0 fully saturated rings. The number of hydrogen-bond donors (Lipinski definition) is 1. The Bertz CT molecular complexity index is 510. The summed E-state index contributed by atoms with van der Waals surface area (Å²) in [6.45, 7) is 1.87. The molecule has 0 spiro atoms. The van der Waals surface area contributed by atoms with Crippen molar-refractivity contribution in [3.05, 3.63) is 34.4 Å². The summed E-state index contributed by atoms with van der Waals surface area (Å²) >= 11 is 0. The fourth-order valence-corrected chi connectivity index (χ4v) is 2.21. The quantitative estimate of drug-likeness (QED) is 0.630. The molecule has 1 atom stereocenters. The van der Waals surface area contributed by atoms with Gasteiger partial charge in [-0.1, -0.05) is 0 Å². The summed E-state index contributed by atoms with van der Waals surface area (Å²) in [6.07, 6.45) is 1.70. The van der Waals surface area contributed by atoms with Crippen LogP contribution in [-0.2, 0) is 9.84 Å². The van der Waals surface area contributed by atoms with Crippen molar-refractivity contribution in [2.45, 2.75) is 19.4 Å². The second-order valence-electron chi connectivity index (χ2n) is 4.27. The van der Waals surface area contributed by atoms with Crippen molar-refractivity contribution < 1.29 is 13.3 Å². The Labute approximate surface area is 106 Å². The van der Waals surface area contributed by atoms with Gasteiger partial charge in [0.15, 0.2) is 0 Å². The van der Waals surface area contributed by atoms with Crippen molar-refractivity contribution >= 4 is 21.2 Å². The molecule has 0 aromatic heterocycles. The minimum Gasteiger partial charge on any atom is -0.383 e. The number of nitrogens with one attached hydrogen (secondary N) is 1. The molecule has 18 heavy (non-hydrogen) atoms. The van der Waals surface area contributed by atoms with Crippen molar-refractivity contribution in [1.82, 2.24) is 0 Å². The summed E-state index contributed by atoms with van der Waals surface area (Å²) in [7, 11) is -2.96. The van der Waals surface area contributed by atoms with Gasteiger partial charge in [0.1, 0.15) is 9.84 Å². The van der Waals surface area contributed by atoms with Crippen LogP contribution < -0.4 is 5.32 Å². The average Bonchev–Trinajstić information content (AvgIpc) is 2.26. The third-order valence-electron chi connectivity index (χ3n) is 2.41. The average molecular weight is 272 g/mol. The molecule has 0 heterocycles. The van der Waals surface area contributed by atoms with Gasteiger partial charge in [0, 0.05) is 30.1 Å². The van der Waals surface area contributed by atoms with E-state index in [1.165, 1.54) is 18.4 Å². The van der Waals surface area contributed by atoms with Crippen LogP contribution in [0.3, 0.4) is 0 Å². The topological polar surface area (TPSA) is 89.3 Å². The van der Waals surface area contributed by atoms with Gasteiger partial charge in [-0.05, 0) is 25.5 Å². The van der Waals surface area contributed by atoms with Gasteiger partial charge < -0.3 is 5.32 Å². The van der Waals surface area contributed by atoms with Gasteiger partial charge in [0.25, 0.3) is 5.69 Å². The van der Waals surface area contributed by atoms with Gasteiger partial charge in [0.2, 0.25) is 0 Å². The third kappa shape index (κ3) is 5.13. The smallest absolute Gasteiger partial charge is 0.269 e. The number of nitrogens with zero attached hydrogens (tertiary/aromatic N) is 1. The second kappa shape index (κ2) is 5.81. The van der Waals surface area contributed by atoms with Crippen LogP contribution >= 0.6 is 0 Å². The largest absolute Gasteiger partial charge is 0.383 e. The van der Waals surface area contributed by atoms with Gasteiger partial charge in [-0.15, -0.1) is 0 Å². The molecule has 1 aromatic rings. The fraction of sp³-hybridized carbons (Fsp3) is 0.455. The predicted molar refractivity (Wildman–Crippen MR) is 70.5 cm³/mol. The van der Waals surface area contributed by atoms with Gasteiger partial charge in [0.05, 0.1) is 10.7 Å². The van der Waals surface area contributed by atoms with Crippen molar-refractivity contribution in [3.63, 3.8) is 0 Å². The first kappa shape index (κ1) is 14.4. The lowest BCUT2D eigenvalue weighted by Gasteiger charge is -2.14. The Kier molecular flexibility index (Phi) is 4.66. The molecule has 1 unspecified atom stereocenters. The van der Waals surface area contributed by atoms with Gasteiger partial charge >= 0.3 is 0 Å². The Balaban J connectivity index is 2.54. The maximum absolute atomic E-state index is 11.0. The van der Waals surface area contributed by atoms with E-state index in [4.69, 9.17) is 0 Å². The zero-order chi connectivity index (χ0) is 13.8. The number of rotatable bonds is 6. The molecule has 0 aliphatic heterocycles. The molecule has 0 saturated heterocycles. The monoisotopic (exact) mass is 272 g/mol. The first-order valence-electron chi connectivity index (χ1n) is 5.46. The zero-order valence-electron chi connectivity index (χ0n) is 10.3. The van der Waals surface area contributed by atoms with Crippen LogP contribution in [0.1, 0.15) is 13.3 Å². The number of anilines is 1. The molecular weight excluding hydrogens is 256 g/mol. The van der Waals surface area contributed by atoms with Crippen LogP contribution in [-0.4, -0.2) is 31.4 Å². The normalized spacial score (nSPS) is 13.0. The van der Waals surface area contributed by atoms with Crippen LogP contribution in [0.25, 0.3) is 0 Å². The van der Waals surface area contributed by atoms with E-state index in [9.17, 15) is 18.5 Å². The second-order valence-corrected chi connectivity index (χ2v) is 6.53. The zero-order valence-corrected chi connectivity index (χ0v) is 11.1. The Morgan fingerprint density at radius 2 is 1.89 bits per heavy atom. The maximum Gasteiger partial charge on any atom is 0.269 e. The minimum atomic E-state index is -2.96. The van der Waals surface area contributed by atoms with Crippen LogP contribution in [0.4, 0.5) is 11.4 Å². The molecule has 0 radical (unpaired) electrons. The first-order chi connectivity index (χ1) is 8.28. The molecule has 0 saturated carbocycles. The number of sulfone groups is 1. The fourth-order valence-electron chi connectivity index (χ4n) is 1.43. The Morgan fingerprint density at radius 1 is 1.33 bits per heavy atom. The number of non-ortho nitro benzene ring substituents is 1. The van der Waals surface area contributed by atoms with E-state index in [1.54, 1.807) is 12.1 Å². The van der Waals surface area contributed by atoms with Gasteiger partial charge in [-0.25, -0.2) is 8.42 Å². The molecule has 0 aliphatic carbocycles. The standard InChI is InChI=1S/C11H16N2O4S/c1-9(7-8-18(2,16)17)12-10-3-5-11(6-4-10)13(14)15/h3-6,9,12H,7-8H2,1-2H3. The van der Waals surface area contributed by atoms with E-state index in [2.05, 4.69) is 5.32 Å². The van der Waals surface area contributed by atoms with E-state index >= 15 is 0 Å². The third-order valence-corrected chi connectivity index (χ3v) is 3.39. The lowest BCUT2D eigenvalue weighted by Crippen LogP contribution is -2.19. The first-order valence-corrected chi connectivity index (χ1v) is 7.53. The highest BCUT2D eigenvalue weighted by atomic mass is 32.2. The highest BCUT2D eigenvalue weighted by molar-refractivity contribution is 7.90. The van der Waals surface area contributed by atoms with Crippen LogP contribution in [0.5, 0.6) is 0 Å². The van der Waals surface area contributed by atoms with Crippen molar-refractivity contribution in [2.75, 3.05) is 17.3 Å².